The lowest BCUT2D eigenvalue weighted by molar-refractivity contribution is -0.126. The predicted molar refractivity (Wildman–Crippen MR) is 45.8 cm³/mol. The van der Waals surface area contributed by atoms with Gasteiger partial charge in [0.1, 0.15) is 0 Å². The van der Waals surface area contributed by atoms with Crippen LogP contribution in [-0.2, 0) is 14.3 Å². The molecule has 0 saturated carbocycles. The predicted octanol–water partition coefficient (Wildman–Crippen LogP) is -0.843. The third-order valence-electron chi connectivity index (χ3n) is 1.90. The van der Waals surface area contributed by atoms with Crippen LogP contribution in [0.4, 0.5) is 0 Å². The van der Waals surface area contributed by atoms with Gasteiger partial charge >= 0.3 is 0 Å². The first-order valence-corrected chi connectivity index (χ1v) is 4.35. The molecule has 1 aliphatic heterocycles. The summed E-state index contributed by atoms with van der Waals surface area (Å²) >= 11 is 0. The minimum Gasteiger partial charge on any atom is -0.378 e. The van der Waals surface area contributed by atoms with Crippen molar-refractivity contribution in [3.63, 3.8) is 0 Å². The molecule has 1 fully saturated rings. The normalized spacial score (nSPS) is 21.4. The van der Waals surface area contributed by atoms with Gasteiger partial charge in [-0.3, -0.25) is 9.59 Å². The van der Waals surface area contributed by atoms with Gasteiger partial charge in [0.2, 0.25) is 11.8 Å². The van der Waals surface area contributed by atoms with Gasteiger partial charge in [-0.25, -0.2) is 0 Å². The lowest BCUT2D eigenvalue weighted by atomic mass is 10.2. The topological polar surface area (TPSA) is 81.4 Å². The van der Waals surface area contributed by atoms with Gasteiger partial charge in [0.15, 0.2) is 0 Å². The Labute approximate surface area is 76.6 Å². The fourth-order valence-corrected chi connectivity index (χ4v) is 1.27. The average Bonchev–Trinajstić information content (AvgIpc) is 2.53. The van der Waals surface area contributed by atoms with Gasteiger partial charge in [-0.2, -0.15) is 0 Å². The van der Waals surface area contributed by atoms with Crippen LogP contribution in [0.25, 0.3) is 0 Å². The number of rotatable bonds is 4. The smallest absolute Gasteiger partial charge is 0.236 e. The maximum Gasteiger partial charge on any atom is 0.236 e. The van der Waals surface area contributed by atoms with Crippen molar-refractivity contribution < 1.29 is 14.3 Å². The summed E-state index contributed by atoms with van der Waals surface area (Å²) in [6.07, 6.45) is 2.28. The van der Waals surface area contributed by atoms with E-state index in [1.165, 1.54) is 0 Å². The van der Waals surface area contributed by atoms with Gasteiger partial charge in [-0.15, -0.1) is 0 Å². The maximum absolute atomic E-state index is 11.1. The van der Waals surface area contributed by atoms with Gasteiger partial charge in [-0.05, 0) is 12.8 Å². The molecule has 1 aliphatic rings. The second-order valence-electron chi connectivity index (χ2n) is 3.08. The van der Waals surface area contributed by atoms with Gasteiger partial charge in [0.05, 0.1) is 19.1 Å². The van der Waals surface area contributed by atoms with E-state index in [0.717, 1.165) is 19.4 Å². The number of amides is 2. The fourth-order valence-electron chi connectivity index (χ4n) is 1.27. The van der Waals surface area contributed by atoms with Crippen LogP contribution in [0.5, 0.6) is 0 Å². The molecule has 1 rings (SSSR count). The Morgan fingerprint density at radius 3 is 2.85 bits per heavy atom. The van der Waals surface area contributed by atoms with Crippen LogP contribution >= 0.6 is 0 Å². The molecular weight excluding hydrogens is 172 g/mol. The minimum atomic E-state index is -0.527. The van der Waals surface area contributed by atoms with Crippen LogP contribution in [0.1, 0.15) is 19.3 Å². The molecule has 0 bridgehead atoms. The molecule has 0 radical (unpaired) electrons. The molecule has 0 spiro atoms. The van der Waals surface area contributed by atoms with Crippen LogP contribution in [0.15, 0.2) is 0 Å². The van der Waals surface area contributed by atoms with Crippen LogP contribution in [0.3, 0.4) is 0 Å². The first-order chi connectivity index (χ1) is 6.18. The van der Waals surface area contributed by atoms with Crippen molar-refractivity contribution in [1.29, 1.82) is 0 Å². The van der Waals surface area contributed by atoms with Crippen molar-refractivity contribution in [3.8, 4) is 0 Å². The van der Waals surface area contributed by atoms with Crippen molar-refractivity contribution in [3.05, 3.63) is 0 Å². The van der Waals surface area contributed by atoms with E-state index in [-0.39, 0.29) is 18.6 Å². The number of carbonyl (C=O) groups excluding carboxylic acids is 2. The van der Waals surface area contributed by atoms with Crippen molar-refractivity contribution in [2.75, 3.05) is 13.2 Å². The highest BCUT2D eigenvalue weighted by Gasteiger charge is 2.18. The fraction of sp³-hybridized carbons (Fsp3) is 0.750. The van der Waals surface area contributed by atoms with Crippen molar-refractivity contribution >= 4 is 11.8 Å². The van der Waals surface area contributed by atoms with E-state index in [1.807, 2.05) is 0 Å². The summed E-state index contributed by atoms with van der Waals surface area (Å²) in [4.78, 5) is 21.4. The molecule has 13 heavy (non-hydrogen) atoms. The highest BCUT2D eigenvalue weighted by molar-refractivity contribution is 5.83. The Bertz CT molecular complexity index is 200. The van der Waals surface area contributed by atoms with Gasteiger partial charge < -0.3 is 15.8 Å². The summed E-state index contributed by atoms with van der Waals surface area (Å²) in [6, 6.07) is 0. The number of nitrogens with one attached hydrogen (secondary N) is 1. The zero-order valence-corrected chi connectivity index (χ0v) is 7.41. The summed E-state index contributed by atoms with van der Waals surface area (Å²) < 4.78 is 5.25. The standard InChI is InChI=1S/C8H14N2O3/c9-7(11)5-10-8(12)4-6-2-1-3-13-6/h6H,1-5H2,(H2,9,11)(H,10,12). The molecule has 5 heteroatoms. The molecule has 0 aromatic carbocycles. The Morgan fingerprint density at radius 2 is 2.31 bits per heavy atom. The zero-order valence-electron chi connectivity index (χ0n) is 7.41. The van der Waals surface area contributed by atoms with Crippen molar-refractivity contribution in [2.24, 2.45) is 5.73 Å². The van der Waals surface area contributed by atoms with Crippen LogP contribution in [0, 0.1) is 0 Å². The molecule has 74 valence electrons. The van der Waals surface area contributed by atoms with E-state index in [2.05, 4.69) is 5.32 Å². The third-order valence-corrected chi connectivity index (χ3v) is 1.90. The van der Waals surface area contributed by atoms with Gasteiger partial charge in [0, 0.05) is 6.61 Å². The molecule has 1 heterocycles. The number of nitrogens with two attached hydrogens (primary N) is 1. The molecule has 3 N–H and O–H groups in total. The van der Waals surface area contributed by atoms with Gasteiger partial charge in [0.25, 0.3) is 0 Å². The molecular formula is C8H14N2O3. The quantitative estimate of drug-likeness (QED) is 0.600. The van der Waals surface area contributed by atoms with E-state index in [0.29, 0.717) is 6.42 Å². The van der Waals surface area contributed by atoms with Crippen molar-refractivity contribution in [2.45, 2.75) is 25.4 Å². The molecule has 2 amide bonds. The highest BCUT2D eigenvalue weighted by Crippen LogP contribution is 2.14. The van der Waals surface area contributed by atoms with E-state index in [4.69, 9.17) is 10.5 Å². The second kappa shape index (κ2) is 4.81. The summed E-state index contributed by atoms with van der Waals surface area (Å²) in [5.41, 5.74) is 4.86. The first-order valence-electron chi connectivity index (χ1n) is 4.35. The monoisotopic (exact) mass is 186 g/mol. The Hall–Kier alpha value is -1.10. The number of hydrogen-bond donors (Lipinski definition) is 2. The van der Waals surface area contributed by atoms with E-state index in [1.54, 1.807) is 0 Å². The molecule has 1 saturated heterocycles. The first kappa shape index (κ1) is 9.98. The lowest BCUT2D eigenvalue weighted by Gasteiger charge is -2.08. The summed E-state index contributed by atoms with van der Waals surface area (Å²) in [5.74, 6) is -0.702. The third kappa shape index (κ3) is 3.89. The number of carbonyl (C=O) groups is 2. The number of hydrogen-bond acceptors (Lipinski definition) is 3. The molecule has 0 aromatic heterocycles. The molecule has 5 nitrogen and oxygen atoms in total. The Balaban J connectivity index is 2.13. The summed E-state index contributed by atoms with van der Waals surface area (Å²) in [5, 5.41) is 2.42. The van der Waals surface area contributed by atoms with Crippen LogP contribution in [0.2, 0.25) is 0 Å². The maximum atomic E-state index is 11.1. The Kier molecular flexibility index (Phi) is 3.70. The second-order valence-corrected chi connectivity index (χ2v) is 3.08. The largest absolute Gasteiger partial charge is 0.378 e. The zero-order chi connectivity index (χ0) is 9.68. The summed E-state index contributed by atoms with van der Waals surface area (Å²) in [7, 11) is 0. The van der Waals surface area contributed by atoms with Gasteiger partial charge in [-0.1, -0.05) is 0 Å². The SMILES string of the molecule is NC(=O)CNC(=O)CC1CCCO1. The minimum absolute atomic E-state index is 0.0212. The van der Waals surface area contributed by atoms with Crippen LogP contribution in [-0.4, -0.2) is 31.1 Å². The molecule has 1 unspecified atom stereocenters. The summed E-state index contributed by atoms with van der Waals surface area (Å²) in [6.45, 7) is 0.638. The molecule has 1 atom stereocenters. The van der Waals surface area contributed by atoms with Crippen LogP contribution < -0.4 is 11.1 Å². The number of primary amides is 1. The Morgan fingerprint density at radius 1 is 1.54 bits per heavy atom. The molecule has 0 aromatic rings. The molecule has 0 aliphatic carbocycles. The van der Waals surface area contributed by atoms with E-state index < -0.39 is 5.91 Å². The highest BCUT2D eigenvalue weighted by atomic mass is 16.5. The lowest BCUT2D eigenvalue weighted by Crippen LogP contribution is -2.34. The van der Waals surface area contributed by atoms with E-state index in [9.17, 15) is 9.59 Å². The van der Waals surface area contributed by atoms with Crippen molar-refractivity contribution in [1.82, 2.24) is 5.32 Å². The van der Waals surface area contributed by atoms with E-state index >= 15 is 0 Å². The average molecular weight is 186 g/mol. The number of ether oxygens (including phenoxy) is 1.